The minimum atomic E-state index is -0.763. The molecule has 2 atom stereocenters. The number of fused-ring (bicyclic) bond motifs is 1. The number of nitrogens with zero attached hydrogens (tertiary/aromatic N) is 1. The molecule has 1 N–H and O–H groups in total. The first-order chi connectivity index (χ1) is 12.0. The molecule has 0 spiro atoms. The number of carboxylic acids is 1. The van der Waals surface area contributed by atoms with Crippen LogP contribution in [0, 0.1) is 0 Å². The number of carboxylic acid groups (broad SMARTS) is 1. The number of aliphatic carboxylic acids is 1. The predicted octanol–water partition coefficient (Wildman–Crippen LogP) is 4.36. The molecule has 2 aromatic rings. The SMILES string of the molecule is CC(C(=O)O)N(C)CCCC1(c2ccccc2)SCc2ccccc21. The quantitative estimate of drug-likeness (QED) is 0.801. The number of carbonyl (C=O) groups is 1. The number of rotatable bonds is 7. The van der Waals surface area contributed by atoms with Crippen LogP contribution in [-0.4, -0.2) is 35.6 Å². The number of benzene rings is 2. The van der Waals surface area contributed by atoms with Gasteiger partial charge >= 0.3 is 5.97 Å². The van der Waals surface area contributed by atoms with Crippen LogP contribution in [0.15, 0.2) is 54.6 Å². The first-order valence-corrected chi connectivity index (χ1v) is 9.74. The fraction of sp³-hybridized carbons (Fsp3) is 0.381. The summed E-state index contributed by atoms with van der Waals surface area (Å²) in [5.41, 5.74) is 4.18. The lowest BCUT2D eigenvalue weighted by molar-refractivity contribution is -0.142. The minimum Gasteiger partial charge on any atom is -0.480 e. The van der Waals surface area contributed by atoms with E-state index in [1.54, 1.807) is 6.92 Å². The fourth-order valence-corrected chi connectivity index (χ4v) is 5.18. The maximum atomic E-state index is 11.2. The molecule has 2 unspecified atom stereocenters. The summed E-state index contributed by atoms with van der Waals surface area (Å²) in [4.78, 5) is 13.1. The van der Waals surface area contributed by atoms with Crippen molar-refractivity contribution in [1.29, 1.82) is 0 Å². The van der Waals surface area contributed by atoms with E-state index in [1.807, 2.05) is 23.7 Å². The van der Waals surface area contributed by atoms with Crippen molar-refractivity contribution in [1.82, 2.24) is 4.90 Å². The average Bonchev–Trinajstić information content (AvgIpc) is 3.02. The Kier molecular flexibility index (Phi) is 5.50. The van der Waals surface area contributed by atoms with Crippen LogP contribution in [0.25, 0.3) is 0 Å². The summed E-state index contributed by atoms with van der Waals surface area (Å²) in [6.45, 7) is 2.53. The number of likely N-dealkylation sites (N-methyl/N-ethyl adjacent to an activating group) is 1. The van der Waals surface area contributed by atoms with Crippen LogP contribution >= 0.6 is 11.8 Å². The van der Waals surface area contributed by atoms with Crippen molar-refractivity contribution in [3.8, 4) is 0 Å². The molecule has 0 saturated carbocycles. The lowest BCUT2D eigenvalue weighted by Gasteiger charge is -2.32. The van der Waals surface area contributed by atoms with Gasteiger partial charge < -0.3 is 5.11 Å². The molecule has 1 aliphatic heterocycles. The van der Waals surface area contributed by atoms with Gasteiger partial charge in [-0.15, -0.1) is 11.8 Å². The maximum absolute atomic E-state index is 11.2. The van der Waals surface area contributed by atoms with Crippen molar-refractivity contribution in [2.45, 2.75) is 36.3 Å². The molecular weight excluding hydrogens is 330 g/mol. The Morgan fingerprint density at radius 3 is 2.60 bits per heavy atom. The molecule has 25 heavy (non-hydrogen) atoms. The summed E-state index contributed by atoms with van der Waals surface area (Å²) in [7, 11) is 1.89. The predicted molar refractivity (Wildman–Crippen MR) is 104 cm³/mol. The van der Waals surface area contributed by atoms with Crippen LogP contribution in [0.5, 0.6) is 0 Å². The van der Waals surface area contributed by atoms with Gasteiger partial charge in [-0.2, -0.15) is 0 Å². The molecule has 0 radical (unpaired) electrons. The van der Waals surface area contributed by atoms with Gasteiger partial charge in [-0.1, -0.05) is 54.6 Å². The minimum absolute atomic E-state index is 0.0227. The van der Waals surface area contributed by atoms with Crippen molar-refractivity contribution in [3.05, 3.63) is 71.3 Å². The van der Waals surface area contributed by atoms with Gasteiger partial charge in [0.05, 0.1) is 4.75 Å². The Balaban J connectivity index is 1.82. The fourth-order valence-electron chi connectivity index (χ4n) is 3.58. The van der Waals surface area contributed by atoms with Crippen LogP contribution in [0.4, 0.5) is 0 Å². The monoisotopic (exact) mass is 355 g/mol. The second-order valence-corrected chi connectivity index (χ2v) is 8.01. The summed E-state index contributed by atoms with van der Waals surface area (Å²) in [5, 5.41) is 9.18. The standard InChI is InChI=1S/C21H25NO2S/c1-16(20(23)24)22(2)14-8-13-21(18-10-4-3-5-11-18)19-12-7-6-9-17(19)15-25-21/h3-7,9-12,16H,8,13-15H2,1-2H3,(H,23,24). The Labute approximate surface area is 154 Å². The summed E-state index contributed by atoms with van der Waals surface area (Å²) >= 11 is 2.00. The molecule has 0 aliphatic carbocycles. The van der Waals surface area contributed by atoms with Crippen molar-refractivity contribution >= 4 is 17.7 Å². The van der Waals surface area contributed by atoms with E-state index in [2.05, 4.69) is 54.6 Å². The first-order valence-electron chi connectivity index (χ1n) is 8.75. The maximum Gasteiger partial charge on any atom is 0.320 e. The lowest BCUT2D eigenvalue weighted by atomic mass is 9.84. The highest BCUT2D eigenvalue weighted by molar-refractivity contribution is 8.00. The van der Waals surface area contributed by atoms with Crippen LogP contribution in [0.3, 0.4) is 0 Å². The highest BCUT2D eigenvalue weighted by Crippen LogP contribution is 2.54. The van der Waals surface area contributed by atoms with Crippen LogP contribution in [0.1, 0.15) is 36.5 Å². The van der Waals surface area contributed by atoms with Gasteiger partial charge in [0.15, 0.2) is 0 Å². The normalized spacial score (nSPS) is 20.4. The lowest BCUT2D eigenvalue weighted by Crippen LogP contribution is -2.37. The van der Waals surface area contributed by atoms with Crippen LogP contribution in [-0.2, 0) is 15.3 Å². The van der Waals surface area contributed by atoms with E-state index >= 15 is 0 Å². The molecule has 3 rings (SSSR count). The van der Waals surface area contributed by atoms with Gasteiger partial charge in [0.25, 0.3) is 0 Å². The zero-order valence-electron chi connectivity index (χ0n) is 14.8. The summed E-state index contributed by atoms with van der Waals surface area (Å²) < 4.78 is -0.0227. The second-order valence-electron chi connectivity index (χ2n) is 6.74. The van der Waals surface area contributed by atoms with E-state index in [9.17, 15) is 9.90 Å². The van der Waals surface area contributed by atoms with Gasteiger partial charge in [0, 0.05) is 5.75 Å². The molecule has 0 saturated heterocycles. The summed E-state index contributed by atoms with van der Waals surface area (Å²) in [6, 6.07) is 19.0. The van der Waals surface area contributed by atoms with E-state index in [-0.39, 0.29) is 4.75 Å². The third kappa shape index (κ3) is 3.60. The third-order valence-electron chi connectivity index (χ3n) is 5.22. The number of hydrogen-bond acceptors (Lipinski definition) is 3. The topological polar surface area (TPSA) is 40.5 Å². The van der Waals surface area contributed by atoms with Crippen molar-refractivity contribution in [3.63, 3.8) is 0 Å². The van der Waals surface area contributed by atoms with E-state index in [0.717, 1.165) is 25.1 Å². The molecule has 2 aromatic carbocycles. The molecule has 0 bridgehead atoms. The Bertz CT molecular complexity index is 734. The molecule has 0 amide bonds. The van der Waals surface area contributed by atoms with Gasteiger partial charge in [-0.05, 0) is 50.0 Å². The molecule has 0 fully saturated rings. The number of thioether (sulfide) groups is 1. The van der Waals surface area contributed by atoms with E-state index < -0.39 is 12.0 Å². The summed E-state index contributed by atoms with van der Waals surface area (Å²) in [5.74, 6) is 0.271. The van der Waals surface area contributed by atoms with Gasteiger partial charge in [-0.25, -0.2) is 0 Å². The van der Waals surface area contributed by atoms with Crippen LogP contribution in [0.2, 0.25) is 0 Å². The average molecular weight is 356 g/mol. The Morgan fingerprint density at radius 2 is 1.88 bits per heavy atom. The third-order valence-corrected chi connectivity index (χ3v) is 6.83. The highest BCUT2D eigenvalue weighted by Gasteiger charge is 2.40. The smallest absolute Gasteiger partial charge is 0.320 e. The molecule has 1 aliphatic rings. The van der Waals surface area contributed by atoms with Gasteiger partial charge in [0.1, 0.15) is 6.04 Å². The zero-order chi connectivity index (χ0) is 17.9. The van der Waals surface area contributed by atoms with Gasteiger partial charge in [-0.3, -0.25) is 9.69 Å². The van der Waals surface area contributed by atoms with E-state index in [0.29, 0.717) is 0 Å². The molecule has 132 valence electrons. The molecular formula is C21H25NO2S. The second kappa shape index (κ2) is 7.63. The first kappa shape index (κ1) is 18.0. The van der Waals surface area contributed by atoms with Crippen molar-refractivity contribution in [2.75, 3.05) is 13.6 Å². The Hall–Kier alpha value is -1.78. The van der Waals surface area contributed by atoms with Crippen LogP contribution < -0.4 is 0 Å². The highest BCUT2D eigenvalue weighted by atomic mass is 32.2. The molecule has 0 aromatic heterocycles. The van der Waals surface area contributed by atoms with Gasteiger partial charge in [0.2, 0.25) is 0 Å². The largest absolute Gasteiger partial charge is 0.480 e. The Morgan fingerprint density at radius 1 is 1.20 bits per heavy atom. The molecule has 3 nitrogen and oxygen atoms in total. The van der Waals surface area contributed by atoms with Crippen molar-refractivity contribution in [2.24, 2.45) is 0 Å². The summed E-state index contributed by atoms with van der Waals surface area (Å²) in [6.07, 6.45) is 1.97. The zero-order valence-corrected chi connectivity index (χ0v) is 15.6. The molecule has 4 heteroatoms. The molecule has 1 heterocycles. The van der Waals surface area contributed by atoms with Crippen molar-refractivity contribution < 1.29 is 9.90 Å². The van der Waals surface area contributed by atoms with E-state index in [1.165, 1.54) is 16.7 Å². The number of hydrogen-bond donors (Lipinski definition) is 1. The van der Waals surface area contributed by atoms with E-state index in [4.69, 9.17) is 0 Å².